The summed E-state index contributed by atoms with van der Waals surface area (Å²) in [5.74, 6) is -0.250. The number of amides is 1. The molecule has 0 radical (unpaired) electrons. The van der Waals surface area contributed by atoms with Crippen LogP contribution in [-0.2, 0) is 23.7 Å². The van der Waals surface area contributed by atoms with Gasteiger partial charge in [0, 0.05) is 6.42 Å². The molecule has 12 atom stereocenters. The van der Waals surface area contributed by atoms with Gasteiger partial charge in [-0.25, -0.2) is 0 Å². The van der Waals surface area contributed by atoms with Crippen LogP contribution in [0.1, 0.15) is 174 Å². The van der Waals surface area contributed by atoms with Crippen molar-refractivity contribution in [2.24, 2.45) is 0 Å². The van der Waals surface area contributed by atoms with E-state index in [9.17, 15) is 45.6 Å². The normalized spacial score (nSPS) is 28.2. The Hall–Kier alpha value is -1.53. The van der Waals surface area contributed by atoms with Crippen molar-refractivity contribution in [3.63, 3.8) is 0 Å². The van der Waals surface area contributed by atoms with Crippen LogP contribution in [0.15, 0.2) is 24.3 Å². The number of nitrogens with one attached hydrogen (secondary N) is 1. The van der Waals surface area contributed by atoms with Gasteiger partial charge in [0.2, 0.25) is 5.91 Å². The Morgan fingerprint density at radius 3 is 1.61 bits per heavy atom. The first-order valence-corrected chi connectivity index (χ1v) is 24.1. The summed E-state index contributed by atoms with van der Waals surface area (Å²) in [6, 6.07) is -0.924. The number of rotatable bonds is 36. The Morgan fingerprint density at radius 1 is 0.574 bits per heavy atom. The second-order valence-electron chi connectivity index (χ2n) is 17.2. The van der Waals surface area contributed by atoms with Crippen LogP contribution in [0.25, 0.3) is 0 Å². The fraction of sp³-hybridized carbons (Fsp3) is 0.894. The van der Waals surface area contributed by atoms with Gasteiger partial charge in [-0.1, -0.05) is 160 Å². The molecular weight excluding hydrogens is 787 g/mol. The second-order valence-corrected chi connectivity index (χ2v) is 17.2. The number of aliphatic hydroxyl groups excluding tert-OH is 8. The van der Waals surface area contributed by atoms with Crippen LogP contribution in [0.3, 0.4) is 0 Å². The first-order valence-electron chi connectivity index (χ1n) is 24.1. The van der Waals surface area contributed by atoms with Crippen LogP contribution < -0.4 is 5.32 Å². The molecule has 12 unspecified atom stereocenters. The minimum Gasteiger partial charge on any atom is -0.394 e. The number of carbonyl (C=O) groups excluding carboxylic acids is 1. The molecule has 61 heavy (non-hydrogen) atoms. The summed E-state index contributed by atoms with van der Waals surface area (Å²) in [7, 11) is 0. The van der Waals surface area contributed by atoms with Gasteiger partial charge in [0.1, 0.15) is 48.8 Å². The third-order valence-corrected chi connectivity index (χ3v) is 11.9. The van der Waals surface area contributed by atoms with Gasteiger partial charge in [-0.2, -0.15) is 0 Å². The summed E-state index contributed by atoms with van der Waals surface area (Å²) in [6.07, 6.45) is 19.4. The molecule has 2 fully saturated rings. The van der Waals surface area contributed by atoms with Crippen LogP contribution in [0, 0.1) is 0 Å². The van der Waals surface area contributed by atoms with Gasteiger partial charge in [-0.15, -0.1) is 0 Å². The average Bonchev–Trinajstić information content (AvgIpc) is 3.26. The zero-order valence-corrected chi connectivity index (χ0v) is 37.7. The molecule has 2 aliphatic heterocycles. The summed E-state index contributed by atoms with van der Waals surface area (Å²) in [5, 5.41) is 86.5. The summed E-state index contributed by atoms with van der Waals surface area (Å²) in [5.41, 5.74) is 0. The molecule has 2 saturated heterocycles. The largest absolute Gasteiger partial charge is 0.394 e. The van der Waals surface area contributed by atoms with Gasteiger partial charge in [0.05, 0.1) is 32.0 Å². The van der Waals surface area contributed by atoms with Gasteiger partial charge in [-0.05, 0) is 32.1 Å². The lowest BCUT2D eigenvalue weighted by atomic mass is 9.97. The van der Waals surface area contributed by atoms with Gasteiger partial charge in [-0.3, -0.25) is 4.79 Å². The molecule has 2 aliphatic rings. The number of unbranched alkanes of at least 4 members (excludes halogenated alkanes) is 21. The minimum absolute atomic E-state index is 0.250. The minimum atomic E-state index is -1.79. The molecule has 2 rings (SSSR count). The highest BCUT2D eigenvalue weighted by molar-refractivity contribution is 5.76. The molecule has 0 aromatic heterocycles. The molecule has 0 aliphatic carbocycles. The first-order chi connectivity index (χ1) is 29.6. The molecule has 0 bridgehead atoms. The van der Waals surface area contributed by atoms with Crippen molar-refractivity contribution < 1.29 is 64.6 Å². The first kappa shape index (κ1) is 55.6. The Bertz CT molecular complexity index is 1130. The zero-order chi connectivity index (χ0) is 44.7. The Balaban J connectivity index is 1.87. The van der Waals surface area contributed by atoms with Crippen molar-refractivity contribution in [2.45, 2.75) is 248 Å². The number of aliphatic hydroxyl groups is 8. The molecule has 2 heterocycles. The zero-order valence-electron chi connectivity index (χ0n) is 37.7. The topological polar surface area (TPSA) is 228 Å². The molecule has 14 heteroatoms. The predicted octanol–water partition coefficient (Wildman–Crippen LogP) is 5.38. The summed E-state index contributed by atoms with van der Waals surface area (Å²) in [4.78, 5) is 13.1. The average molecular weight is 874 g/mol. The highest BCUT2D eigenvalue weighted by Gasteiger charge is 2.51. The van der Waals surface area contributed by atoms with Gasteiger partial charge in [0.15, 0.2) is 12.6 Å². The summed E-state index contributed by atoms with van der Waals surface area (Å²) in [6.45, 7) is 2.73. The lowest BCUT2D eigenvalue weighted by Crippen LogP contribution is -2.65. The van der Waals surface area contributed by atoms with E-state index in [0.717, 1.165) is 32.1 Å². The van der Waals surface area contributed by atoms with Crippen LogP contribution in [0.5, 0.6) is 0 Å². The molecule has 1 amide bonds. The fourth-order valence-corrected chi connectivity index (χ4v) is 7.89. The molecule has 0 spiro atoms. The third kappa shape index (κ3) is 22.8. The van der Waals surface area contributed by atoms with E-state index in [1.165, 1.54) is 109 Å². The molecule has 14 nitrogen and oxygen atoms in total. The molecule has 358 valence electrons. The van der Waals surface area contributed by atoms with Crippen LogP contribution in [-0.4, -0.2) is 140 Å². The quantitative estimate of drug-likeness (QED) is 0.0285. The molecule has 0 saturated carbocycles. The Morgan fingerprint density at radius 2 is 1.05 bits per heavy atom. The Kier molecular flexibility index (Phi) is 31.7. The van der Waals surface area contributed by atoms with E-state index in [2.05, 4.69) is 31.3 Å². The lowest BCUT2D eigenvalue weighted by Gasteiger charge is -2.46. The molecule has 0 aromatic rings. The second kappa shape index (κ2) is 34.8. The monoisotopic (exact) mass is 874 g/mol. The number of hydrogen-bond acceptors (Lipinski definition) is 13. The van der Waals surface area contributed by atoms with Crippen LogP contribution in [0.2, 0.25) is 0 Å². The van der Waals surface area contributed by atoms with E-state index in [4.69, 9.17) is 18.9 Å². The molecular formula is C47H87NO13. The maximum Gasteiger partial charge on any atom is 0.220 e. The van der Waals surface area contributed by atoms with Crippen molar-refractivity contribution in [1.82, 2.24) is 5.32 Å². The van der Waals surface area contributed by atoms with Gasteiger partial charge < -0.3 is 65.1 Å². The smallest absolute Gasteiger partial charge is 0.220 e. The Labute approximate surface area is 367 Å². The maximum absolute atomic E-state index is 13.1. The van der Waals surface area contributed by atoms with E-state index in [-0.39, 0.29) is 18.9 Å². The fourth-order valence-electron chi connectivity index (χ4n) is 7.89. The van der Waals surface area contributed by atoms with Crippen molar-refractivity contribution in [3.8, 4) is 0 Å². The van der Waals surface area contributed by atoms with E-state index in [1.54, 1.807) is 6.08 Å². The van der Waals surface area contributed by atoms with Crippen molar-refractivity contribution in [3.05, 3.63) is 24.3 Å². The molecule has 9 N–H and O–H groups in total. The third-order valence-electron chi connectivity index (χ3n) is 11.9. The highest BCUT2D eigenvalue weighted by Crippen LogP contribution is 2.30. The highest BCUT2D eigenvalue weighted by atomic mass is 16.7. The number of ether oxygens (including phenoxy) is 4. The van der Waals surface area contributed by atoms with E-state index >= 15 is 0 Å². The van der Waals surface area contributed by atoms with Crippen molar-refractivity contribution in [1.29, 1.82) is 0 Å². The standard InChI is InChI=1S/C47H87NO13/c1-3-5-7-9-11-13-15-16-17-18-19-21-23-25-27-29-31-39(52)48-35(36(51)30-28-26-24-22-20-14-12-10-8-6-4-2)34-58-46-44(57)42(55)45(38(33-50)60-46)61-47-43(56)41(54)40(53)37(32-49)59-47/h20,22,28,30,35-38,40-47,49-51,53-57H,3-19,21,23-27,29,31-34H2,1-2H3,(H,48,52)/b22-20+,30-28+. The van der Waals surface area contributed by atoms with Crippen molar-refractivity contribution >= 4 is 5.91 Å². The van der Waals surface area contributed by atoms with E-state index in [1.807, 2.05) is 6.08 Å². The van der Waals surface area contributed by atoms with Gasteiger partial charge in [0.25, 0.3) is 0 Å². The van der Waals surface area contributed by atoms with Crippen LogP contribution >= 0.6 is 0 Å². The molecule has 0 aromatic carbocycles. The van der Waals surface area contributed by atoms with E-state index < -0.39 is 86.8 Å². The SMILES string of the molecule is CCCCCCC/C=C/CC/C=C/C(O)C(COC1OC(CO)C(OC2OC(CO)C(O)C(O)C2O)C(O)C1O)NC(=O)CCCCCCCCCCCCCCCCCC. The van der Waals surface area contributed by atoms with Crippen molar-refractivity contribution in [2.75, 3.05) is 19.8 Å². The number of carbonyl (C=O) groups is 1. The summed E-state index contributed by atoms with van der Waals surface area (Å²) >= 11 is 0. The lowest BCUT2D eigenvalue weighted by molar-refractivity contribution is -0.359. The predicted molar refractivity (Wildman–Crippen MR) is 235 cm³/mol. The van der Waals surface area contributed by atoms with Gasteiger partial charge >= 0.3 is 0 Å². The van der Waals surface area contributed by atoms with Crippen LogP contribution in [0.4, 0.5) is 0 Å². The summed E-state index contributed by atoms with van der Waals surface area (Å²) < 4.78 is 22.6. The maximum atomic E-state index is 13.1. The number of hydrogen-bond donors (Lipinski definition) is 9. The van der Waals surface area contributed by atoms with E-state index in [0.29, 0.717) is 12.8 Å². The number of allylic oxidation sites excluding steroid dienone is 3.